The van der Waals surface area contributed by atoms with Crippen LogP contribution in [-0.4, -0.2) is 37.4 Å². The number of benzene rings is 1. The Hall–Kier alpha value is -2.37. The molecule has 1 aromatic carbocycles. The van der Waals surface area contributed by atoms with Gasteiger partial charge in [-0.05, 0) is 98.7 Å². The first-order chi connectivity index (χ1) is 16.5. The predicted molar refractivity (Wildman–Crippen MR) is 131 cm³/mol. The van der Waals surface area contributed by atoms with E-state index in [-0.39, 0.29) is 23.1 Å². The van der Waals surface area contributed by atoms with Crippen LogP contribution in [0.3, 0.4) is 0 Å². The van der Waals surface area contributed by atoms with E-state index in [0.717, 1.165) is 54.1 Å². The van der Waals surface area contributed by atoms with Crippen LogP contribution in [0.25, 0.3) is 0 Å². The lowest BCUT2D eigenvalue weighted by atomic mass is 9.48. The normalized spacial score (nSPS) is 34.9. The molecule has 7 aliphatic rings. The van der Waals surface area contributed by atoms with Crippen LogP contribution in [0.15, 0.2) is 12.1 Å². The molecule has 3 heterocycles. The van der Waals surface area contributed by atoms with Gasteiger partial charge >= 0.3 is 0 Å². The van der Waals surface area contributed by atoms with E-state index in [1.807, 2.05) is 14.7 Å². The first-order valence-corrected chi connectivity index (χ1v) is 13.6. The third-order valence-electron chi connectivity index (χ3n) is 9.79. The van der Waals surface area contributed by atoms with Gasteiger partial charge in [-0.15, -0.1) is 0 Å². The third kappa shape index (κ3) is 3.09. The van der Waals surface area contributed by atoms with Crippen molar-refractivity contribution in [1.29, 1.82) is 0 Å². The van der Waals surface area contributed by atoms with E-state index in [2.05, 4.69) is 12.1 Å². The maximum Gasteiger partial charge on any atom is 0.227 e. The van der Waals surface area contributed by atoms with Crippen LogP contribution in [0, 0.1) is 17.8 Å². The second kappa shape index (κ2) is 7.56. The van der Waals surface area contributed by atoms with Crippen LogP contribution in [0.5, 0.6) is 0 Å². The molecular formula is C28H35N3O3. The summed E-state index contributed by atoms with van der Waals surface area (Å²) in [5.41, 5.74) is 4.09. The average molecular weight is 462 g/mol. The zero-order chi connectivity index (χ0) is 23.0. The zero-order valence-corrected chi connectivity index (χ0v) is 20.1. The molecule has 3 saturated heterocycles. The van der Waals surface area contributed by atoms with Crippen molar-refractivity contribution in [2.45, 2.75) is 82.5 Å². The van der Waals surface area contributed by atoms with Gasteiger partial charge in [-0.2, -0.15) is 0 Å². The number of carbonyl (C=O) groups excluding carboxylic acids is 3. The number of rotatable bonds is 4. The summed E-state index contributed by atoms with van der Waals surface area (Å²) in [6, 6.07) is 4.56. The van der Waals surface area contributed by atoms with E-state index in [0.29, 0.717) is 38.9 Å². The molecule has 180 valence electrons. The maximum atomic E-state index is 13.0. The van der Waals surface area contributed by atoms with Gasteiger partial charge in [0.15, 0.2) is 0 Å². The van der Waals surface area contributed by atoms with Crippen molar-refractivity contribution < 1.29 is 14.4 Å². The Morgan fingerprint density at radius 2 is 1.03 bits per heavy atom. The quantitative estimate of drug-likeness (QED) is 0.662. The van der Waals surface area contributed by atoms with Crippen LogP contribution < -0.4 is 14.7 Å². The monoisotopic (exact) mass is 461 g/mol. The molecular weight excluding hydrogens is 426 g/mol. The fourth-order valence-electron chi connectivity index (χ4n) is 8.75. The Morgan fingerprint density at radius 3 is 1.41 bits per heavy atom. The lowest BCUT2D eigenvalue weighted by Crippen LogP contribution is -2.48. The summed E-state index contributed by atoms with van der Waals surface area (Å²) >= 11 is 0. The average Bonchev–Trinajstić information content (AvgIpc) is 3.53. The molecule has 34 heavy (non-hydrogen) atoms. The van der Waals surface area contributed by atoms with E-state index in [4.69, 9.17) is 0 Å². The number of amides is 3. The zero-order valence-electron chi connectivity index (χ0n) is 20.1. The van der Waals surface area contributed by atoms with Crippen LogP contribution in [0.2, 0.25) is 0 Å². The van der Waals surface area contributed by atoms with E-state index < -0.39 is 0 Å². The van der Waals surface area contributed by atoms with Crippen molar-refractivity contribution in [1.82, 2.24) is 0 Å². The number of nitrogens with zero attached hydrogens (tertiary/aromatic N) is 3. The molecule has 0 radical (unpaired) electrons. The van der Waals surface area contributed by atoms with Gasteiger partial charge < -0.3 is 14.7 Å². The molecule has 4 aliphatic carbocycles. The molecule has 4 saturated carbocycles. The molecule has 7 fully saturated rings. The predicted octanol–water partition coefficient (Wildman–Crippen LogP) is 4.53. The SMILES string of the molecule is O=C1CCCN1c1cc(C23CC4CC(CC(C4)C2)C3)cc(N2CCCC2=O)c1N1CCCC1=O. The summed E-state index contributed by atoms with van der Waals surface area (Å²) in [5, 5.41) is 0. The minimum atomic E-state index is 0.114. The molecule has 0 N–H and O–H groups in total. The largest absolute Gasteiger partial charge is 0.310 e. The van der Waals surface area contributed by atoms with E-state index in [1.165, 1.54) is 44.1 Å². The van der Waals surface area contributed by atoms with Crippen molar-refractivity contribution >= 4 is 34.8 Å². The van der Waals surface area contributed by atoms with Gasteiger partial charge in [0.1, 0.15) is 0 Å². The van der Waals surface area contributed by atoms with Gasteiger partial charge in [-0.25, -0.2) is 0 Å². The van der Waals surface area contributed by atoms with Crippen LogP contribution in [0.4, 0.5) is 17.1 Å². The van der Waals surface area contributed by atoms with Crippen LogP contribution in [0.1, 0.15) is 82.6 Å². The Morgan fingerprint density at radius 1 is 0.618 bits per heavy atom. The van der Waals surface area contributed by atoms with E-state index in [9.17, 15) is 14.4 Å². The molecule has 3 amide bonds. The van der Waals surface area contributed by atoms with Gasteiger partial charge in [0.2, 0.25) is 17.7 Å². The molecule has 1 aromatic rings. The van der Waals surface area contributed by atoms with Gasteiger partial charge in [0, 0.05) is 38.9 Å². The highest BCUT2D eigenvalue weighted by Gasteiger charge is 2.52. The first-order valence-electron chi connectivity index (χ1n) is 13.6. The third-order valence-corrected chi connectivity index (χ3v) is 9.79. The van der Waals surface area contributed by atoms with Crippen LogP contribution in [-0.2, 0) is 19.8 Å². The molecule has 3 aliphatic heterocycles. The highest BCUT2D eigenvalue weighted by atomic mass is 16.2. The minimum absolute atomic E-state index is 0.114. The first kappa shape index (κ1) is 21.0. The van der Waals surface area contributed by atoms with Gasteiger partial charge in [-0.3, -0.25) is 14.4 Å². The summed E-state index contributed by atoms with van der Waals surface area (Å²) in [6.07, 6.45) is 12.1. The molecule has 8 rings (SSSR count). The van der Waals surface area contributed by atoms with Crippen molar-refractivity contribution in [3.63, 3.8) is 0 Å². The Balaban J connectivity index is 1.44. The number of anilines is 3. The highest BCUT2D eigenvalue weighted by Crippen LogP contribution is 2.62. The fourth-order valence-corrected chi connectivity index (χ4v) is 8.75. The lowest BCUT2D eigenvalue weighted by molar-refractivity contribution is -0.118. The summed E-state index contributed by atoms with van der Waals surface area (Å²) in [6.45, 7) is 2.07. The van der Waals surface area contributed by atoms with Crippen LogP contribution >= 0.6 is 0 Å². The smallest absolute Gasteiger partial charge is 0.227 e. The summed E-state index contributed by atoms with van der Waals surface area (Å²) in [7, 11) is 0. The second-order valence-electron chi connectivity index (χ2n) is 12.0. The van der Waals surface area contributed by atoms with Crippen molar-refractivity contribution in [3.8, 4) is 0 Å². The molecule has 6 nitrogen and oxygen atoms in total. The van der Waals surface area contributed by atoms with E-state index in [1.54, 1.807) is 0 Å². The fraction of sp³-hybridized carbons (Fsp3) is 0.679. The summed E-state index contributed by atoms with van der Waals surface area (Å²) in [4.78, 5) is 44.8. The Labute approximate surface area is 201 Å². The Kier molecular flexibility index (Phi) is 4.66. The lowest BCUT2D eigenvalue weighted by Gasteiger charge is -2.57. The standard InChI is InChI=1S/C28H35N3O3/c32-24-4-1-7-29(24)22-13-21(28-15-18-10-19(16-28)12-20(11-18)17-28)14-23(30-8-2-5-25(30)33)27(22)31-9-3-6-26(31)34/h13-14,18-20H,1-12,15-17H2. The molecule has 0 atom stereocenters. The van der Waals surface area contributed by atoms with Gasteiger partial charge in [-0.1, -0.05) is 0 Å². The van der Waals surface area contributed by atoms with Crippen molar-refractivity contribution in [3.05, 3.63) is 17.7 Å². The molecule has 4 bridgehead atoms. The van der Waals surface area contributed by atoms with E-state index >= 15 is 0 Å². The second-order valence-corrected chi connectivity index (χ2v) is 12.0. The number of carbonyl (C=O) groups is 3. The topological polar surface area (TPSA) is 60.9 Å². The maximum absolute atomic E-state index is 13.0. The summed E-state index contributed by atoms with van der Waals surface area (Å²) in [5.74, 6) is 2.87. The Bertz CT molecular complexity index is 996. The van der Waals surface area contributed by atoms with Gasteiger partial charge in [0.25, 0.3) is 0 Å². The number of hydrogen-bond donors (Lipinski definition) is 0. The molecule has 0 spiro atoms. The molecule has 6 heteroatoms. The summed E-state index contributed by atoms with van der Waals surface area (Å²) < 4.78 is 0. The van der Waals surface area contributed by atoms with Crippen molar-refractivity contribution in [2.75, 3.05) is 34.3 Å². The van der Waals surface area contributed by atoms with Crippen molar-refractivity contribution in [2.24, 2.45) is 17.8 Å². The molecule has 0 unspecified atom stereocenters. The number of hydrogen-bond acceptors (Lipinski definition) is 3. The van der Waals surface area contributed by atoms with Gasteiger partial charge in [0.05, 0.1) is 17.1 Å². The highest BCUT2D eigenvalue weighted by molar-refractivity contribution is 6.10. The molecule has 0 aromatic heterocycles. The minimum Gasteiger partial charge on any atom is -0.310 e.